The molecule has 30 heavy (non-hydrogen) atoms. The fourth-order valence-electron chi connectivity index (χ4n) is 2.52. The van der Waals surface area contributed by atoms with Crippen LogP contribution in [0.5, 0.6) is 5.75 Å². The van der Waals surface area contributed by atoms with Crippen molar-refractivity contribution in [3.8, 4) is 17.1 Å². The van der Waals surface area contributed by atoms with Crippen molar-refractivity contribution in [3.63, 3.8) is 0 Å². The highest BCUT2D eigenvalue weighted by molar-refractivity contribution is 9.10. The van der Waals surface area contributed by atoms with E-state index in [1.54, 1.807) is 37.3 Å². The monoisotopic (exact) mass is 485 g/mol. The van der Waals surface area contributed by atoms with Gasteiger partial charge < -0.3 is 5.11 Å². The second-order valence-corrected chi connectivity index (χ2v) is 8.52. The topological polar surface area (TPSA) is 92.4 Å². The van der Waals surface area contributed by atoms with Crippen molar-refractivity contribution in [3.05, 3.63) is 71.2 Å². The summed E-state index contributed by atoms with van der Waals surface area (Å²) < 4.78 is 2.90. The van der Waals surface area contributed by atoms with Crippen LogP contribution in [0.3, 0.4) is 0 Å². The van der Waals surface area contributed by atoms with Crippen molar-refractivity contribution >= 4 is 39.8 Å². The molecule has 3 rings (SSSR count). The largest absolute Gasteiger partial charge is 0.508 e. The molecule has 154 valence electrons. The zero-order valence-corrected chi connectivity index (χ0v) is 18.6. The average Bonchev–Trinajstić information content (AvgIpc) is 3.12. The number of benzene rings is 2. The zero-order valence-electron chi connectivity index (χ0n) is 16.2. The van der Waals surface area contributed by atoms with Gasteiger partial charge in [-0.3, -0.25) is 9.36 Å². The predicted molar refractivity (Wildman–Crippen MR) is 123 cm³/mol. The lowest BCUT2D eigenvalue weighted by molar-refractivity contribution is -0.120. The smallest absolute Gasteiger partial charge is 0.253 e. The third-order valence-electron chi connectivity index (χ3n) is 4.06. The molecule has 0 aliphatic carbocycles. The van der Waals surface area contributed by atoms with Gasteiger partial charge in [0.15, 0.2) is 11.0 Å². The van der Waals surface area contributed by atoms with E-state index in [0.717, 1.165) is 15.6 Å². The fourth-order valence-corrected chi connectivity index (χ4v) is 3.63. The number of aromatic nitrogens is 3. The number of nitrogens with zero attached hydrogens (tertiary/aromatic N) is 4. The lowest BCUT2D eigenvalue weighted by Gasteiger charge is -2.11. The van der Waals surface area contributed by atoms with Gasteiger partial charge in [0.05, 0.1) is 11.5 Å². The number of carbonyl (C=O) groups is 1. The molecular weight excluding hydrogens is 466 g/mol. The summed E-state index contributed by atoms with van der Waals surface area (Å²) in [6.45, 7) is 6.11. The van der Waals surface area contributed by atoms with Crippen LogP contribution in [0.2, 0.25) is 0 Å². The number of phenolic OH excluding ortho intramolecular Hbond substituents is 1. The van der Waals surface area contributed by atoms with E-state index in [1.165, 1.54) is 18.0 Å². The number of amides is 1. The summed E-state index contributed by atoms with van der Waals surface area (Å²) in [6.07, 6.45) is 3.28. The van der Waals surface area contributed by atoms with Gasteiger partial charge in [-0.2, -0.15) is 5.10 Å². The number of rotatable bonds is 8. The first-order chi connectivity index (χ1) is 14.5. The number of aromatic hydroxyl groups is 1. The molecule has 0 fully saturated rings. The molecule has 1 heterocycles. The molecule has 0 bridgehead atoms. The standard InChI is InChI=1S/C21H20BrN5O2S/c1-3-12-27-19(16-6-8-17(22)9-7-16)24-26-21(27)30-14(2)20(29)25-23-13-15-4-10-18(28)11-5-15/h3-11,13-14,28H,1,12H2,2H3,(H,25,29)/b23-13+. The number of halogens is 1. The molecule has 1 unspecified atom stereocenters. The number of hydrogen-bond donors (Lipinski definition) is 2. The summed E-state index contributed by atoms with van der Waals surface area (Å²) in [6, 6.07) is 14.3. The van der Waals surface area contributed by atoms with E-state index in [1.807, 2.05) is 28.8 Å². The Hall–Kier alpha value is -2.91. The molecule has 1 atom stereocenters. The van der Waals surface area contributed by atoms with E-state index < -0.39 is 5.25 Å². The summed E-state index contributed by atoms with van der Waals surface area (Å²) in [5.74, 6) is 0.628. The molecule has 1 aromatic heterocycles. The highest BCUT2D eigenvalue weighted by Gasteiger charge is 2.20. The van der Waals surface area contributed by atoms with Gasteiger partial charge in [-0.15, -0.1) is 16.8 Å². The van der Waals surface area contributed by atoms with Crippen molar-refractivity contribution in [1.82, 2.24) is 20.2 Å². The van der Waals surface area contributed by atoms with Gasteiger partial charge in [-0.1, -0.05) is 45.9 Å². The van der Waals surface area contributed by atoms with Crippen molar-refractivity contribution in [2.45, 2.75) is 23.9 Å². The Balaban J connectivity index is 1.68. The summed E-state index contributed by atoms with van der Waals surface area (Å²) in [4.78, 5) is 12.4. The van der Waals surface area contributed by atoms with Crippen LogP contribution in [0, 0.1) is 0 Å². The molecule has 0 saturated carbocycles. The number of thioether (sulfide) groups is 1. The minimum absolute atomic E-state index is 0.173. The van der Waals surface area contributed by atoms with Gasteiger partial charge in [0.2, 0.25) is 0 Å². The highest BCUT2D eigenvalue weighted by Crippen LogP contribution is 2.27. The van der Waals surface area contributed by atoms with Crippen LogP contribution in [0.15, 0.2) is 75.9 Å². The first-order valence-corrected chi connectivity index (χ1v) is 10.7. The van der Waals surface area contributed by atoms with Crippen LogP contribution in [-0.4, -0.2) is 37.2 Å². The second-order valence-electron chi connectivity index (χ2n) is 6.30. The van der Waals surface area contributed by atoms with E-state index in [4.69, 9.17) is 0 Å². The first-order valence-electron chi connectivity index (χ1n) is 9.06. The van der Waals surface area contributed by atoms with Gasteiger partial charge >= 0.3 is 0 Å². The molecule has 7 nitrogen and oxygen atoms in total. The Kier molecular flexibility index (Phi) is 7.42. The summed E-state index contributed by atoms with van der Waals surface area (Å²) in [7, 11) is 0. The quantitative estimate of drug-likeness (QED) is 0.215. The molecule has 0 aliphatic heterocycles. The zero-order chi connectivity index (χ0) is 21.5. The predicted octanol–water partition coefficient (Wildman–Crippen LogP) is 4.23. The van der Waals surface area contributed by atoms with Gasteiger partial charge in [0.25, 0.3) is 5.91 Å². The molecule has 3 aromatic rings. The fraction of sp³-hybridized carbons (Fsp3) is 0.143. The third-order valence-corrected chi connectivity index (χ3v) is 5.67. The normalized spacial score (nSPS) is 12.1. The van der Waals surface area contributed by atoms with Crippen molar-refractivity contribution < 1.29 is 9.90 Å². The van der Waals surface area contributed by atoms with Crippen LogP contribution in [0.4, 0.5) is 0 Å². The minimum Gasteiger partial charge on any atom is -0.508 e. The van der Waals surface area contributed by atoms with Crippen LogP contribution in [0.25, 0.3) is 11.4 Å². The molecule has 2 N–H and O–H groups in total. The Bertz CT molecular complexity index is 1050. The van der Waals surface area contributed by atoms with E-state index in [-0.39, 0.29) is 11.7 Å². The number of phenols is 1. The summed E-state index contributed by atoms with van der Waals surface area (Å²) in [5, 5.41) is 22.0. The van der Waals surface area contributed by atoms with Gasteiger partial charge in [-0.05, 0) is 48.9 Å². The number of hydrogen-bond acceptors (Lipinski definition) is 6. The summed E-state index contributed by atoms with van der Waals surface area (Å²) >= 11 is 4.73. The second kappa shape index (κ2) is 10.2. The summed E-state index contributed by atoms with van der Waals surface area (Å²) in [5.41, 5.74) is 4.21. The van der Waals surface area contributed by atoms with Gasteiger partial charge in [0, 0.05) is 16.6 Å². The maximum atomic E-state index is 12.4. The van der Waals surface area contributed by atoms with Crippen molar-refractivity contribution in [1.29, 1.82) is 0 Å². The van der Waals surface area contributed by atoms with Crippen LogP contribution < -0.4 is 5.43 Å². The lowest BCUT2D eigenvalue weighted by atomic mass is 10.2. The Morgan fingerprint density at radius 2 is 1.97 bits per heavy atom. The number of nitrogens with one attached hydrogen (secondary N) is 1. The van der Waals surface area contributed by atoms with Gasteiger partial charge in [-0.25, -0.2) is 5.43 Å². The number of hydrazone groups is 1. The number of carbonyl (C=O) groups excluding carboxylic acids is 1. The average molecular weight is 486 g/mol. The van der Waals surface area contributed by atoms with Gasteiger partial charge in [0.1, 0.15) is 5.75 Å². The molecule has 9 heteroatoms. The minimum atomic E-state index is -0.437. The van der Waals surface area contributed by atoms with Crippen LogP contribution >= 0.6 is 27.7 Å². The molecule has 0 aliphatic rings. The number of allylic oxidation sites excluding steroid dienone is 1. The van der Waals surface area contributed by atoms with Crippen LogP contribution in [0.1, 0.15) is 12.5 Å². The molecule has 1 amide bonds. The SMILES string of the molecule is C=CCn1c(SC(C)C(=O)N/N=C/c2ccc(O)cc2)nnc1-c1ccc(Br)cc1. The highest BCUT2D eigenvalue weighted by atomic mass is 79.9. The molecule has 0 spiro atoms. The van der Waals surface area contributed by atoms with Crippen molar-refractivity contribution in [2.24, 2.45) is 5.10 Å². The molecule has 2 aromatic carbocycles. The van der Waals surface area contributed by atoms with E-state index >= 15 is 0 Å². The molecular formula is C21H20BrN5O2S. The van der Waals surface area contributed by atoms with Crippen LogP contribution in [-0.2, 0) is 11.3 Å². The maximum absolute atomic E-state index is 12.4. The van der Waals surface area contributed by atoms with E-state index in [0.29, 0.717) is 17.5 Å². The maximum Gasteiger partial charge on any atom is 0.253 e. The Morgan fingerprint density at radius 1 is 1.27 bits per heavy atom. The Labute approximate surface area is 187 Å². The molecule has 0 radical (unpaired) electrons. The van der Waals surface area contributed by atoms with Crippen molar-refractivity contribution in [2.75, 3.05) is 0 Å². The lowest BCUT2D eigenvalue weighted by Crippen LogP contribution is -2.27. The van der Waals surface area contributed by atoms with E-state index in [9.17, 15) is 9.90 Å². The Morgan fingerprint density at radius 3 is 2.63 bits per heavy atom. The van der Waals surface area contributed by atoms with E-state index in [2.05, 4.69) is 43.2 Å². The first kappa shape index (κ1) is 21.8. The third kappa shape index (κ3) is 5.58. The molecule has 0 saturated heterocycles.